The minimum Gasteiger partial charge on any atom is -0.490 e. The predicted molar refractivity (Wildman–Crippen MR) is 120 cm³/mol. The normalized spacial score (nSPS) is 14.5. The molecule has 0 aliphatic carbocycles. The van der Waals surface area contributed by atoms with Crippen molar-refractivity contribution in [3.63, 3.8) is 0 Å². The van der Waals surface area contributed by atoms with Gasteiger partial charge in [-0.15, -0.1) is 0 Å². The van der Waals surface area contributed by atoms with E-state index >= 15 is 0 Å². The monoisotopic (exact) mass is 438 g/mol. The van der Waals surface area contributed by atoms with Crippen molar-refractivity contribution < 1.29 is 9.53 Å². The lowest BCUT2D eigenvalue weighted by Gasteiger charge is -2.42. The summed E-state index contributed by atoms with van der Waals surface area (Å²) in [6.07, 6.45) is 1.54. The number of carbonyl (C=O) groups excluding carboxylic acids is 1. The minimum absolute atomic E-state index is 0.0595. The average Bonchev–Trinajstić information content (AvgIpc) is 2.74. The zero-order chi connectivity index (χ0) is 21.8. The molecule has 0 radical (unpaired) electrons. The quantitative estimate of drug-likeness (QED) is 0.582. The highest BCUT2D eigenvalue weighted by Gasteiger charge is 2.34. The van der Waals surface area contributed by atoms with E-state index in [-0.39, 0.29) is 12.0 Å². The SMILES string of the molecule is CNC(=O)c1cccc(Nc2ncnc(N3CC([C@@H](C)Oc4ccc(Cl)cc4)C3)n2)c1. The van der Waals surface area contributed by atoms with Crippen LogP contribution in [0.15, 0.2) is 54.9 Å². The van der Waals surface area contributed by atoms with Gasteiger partial charge in [0.2, 0.25) is 11.9 Å². The number of hydrogen-bond acceptors (Lipinski definition) is 7. The molecule has 0 unspecified atom stereocenters. The molecule has 3 aromatic rings. The first-order valence-corrected chi connectivity index (χ1v) is 10.3. The number of carbonyl (C=O) groups is 1. The Bertz CT molecular complexity index is 1060. The molecule has 4 rings (SSSR count). The first-order valence-electron chi connectivity index (χ1n) is 9.97. The molecule has 1 saturated heterocycles. The number of hydrogen-bond donors (Lipinski definition) is 2. The van der Waals surface area contributed by atoms with E-state index in [0.29, 0.717) is 28.4 Å². The van der Waals surface area contributed by atoms with Gasteiger partial charge in [0.15, 0.2) is 0 Å². The van der Waals surface area contributed by atoms with Crippen LogP contribution in [0.5, 0.6) is 5.75 Å². The molecule has 8 nitrogen and oxygen atoms in total. The van der Waals surface area contributed by atoms with E-state index in [1.54, 1.807) is 25.2 Å². The van der Waals surface area contributed by atoms with Crippen molar-refractivity contribution in [2.45, 2.75) is 13.0 Å². The number of nitrogens with zero attached hydrogens (tertiary/aromatic N) is 4. The Labute approximate surface area is 185 Å². The fraction of sp³-hybridized carbons (Fsp3) is 0.273. The lowest BCUT2D eigenvalue weighted by Crippen LogP contribution is -2.53. The lowest BCUT2D eigenvalue weighted by atomic mass is 9.95. The summed E-state index contributed by atoms with van der Waals surface area (Å²) in [5.41, 5.74) is 1.28. The fourth-order valence-electron chi connectivity index (χ4n) is 3.31. The largest absolute Gasteiger partial charge is 0.490 e. The standard InChI is InChI=1S/C22H23ClN6O2/c1-14(31-19-8-6-17(23)7-9-19)16-11-29(12-16)22-26-13-25-21(28-22)27-18-5-3-4-15(10-18)20(30)24-2/h3-10,13-14,16H,11-12H2,1-2H3,(H,24,30)(H,25,26,27,28)/t14-/m1/s1. The van der Waals surface area contributed by atoms with Gasteiger partial charge in [0, 0.05) is 42.3 Å². The van der Waals surface area contributed by atoms with Crippen molar-refractivity contribution >= 4 is 35.1 Å². The Morgan fingerprint density at radius 2 is 1.97 bits per heavy atom. The Hall–Kier alpha value is -3.39. The van der Waals surface area contributed by atoms with E-state index in [1.165, 1.54) is 6.33 Å². The van der Waals surface area contributed by atoms with Gasteiger partial charge in [-0.05, 0) is 49.4 Å². The summed E-state index contributed by atoms with van der Waals surface area (Å²) in [6.45, 7) is 3.66. The minimum atomic E-state index is -0.151. The highest BCUT2D eigenvalue weighted by Crippen LogP contribution is 2.27. The van der Waals surface area contributed by atoms with Crippen LogP contribution in [0.25, 0.3) is 0 Å². The second kappa shape index (κ2) is 9.18. The second-order valence-electron chi connectivity index (χ2n) is 7.34. The zero-order valence-electron chi connectivity index (χ0n) is 17.2. The summed E-state index contributed by atoms with van der Waals surface area (Å²) in [6, 6.07) is 14.5. The molecule has 1 aromatic heterocycles. The molecular weight excluding hydrogens is 416 g/mol. The predicted octanol–water partition coefficient (Wildman–Crippen LogP) is 3.53. The Morgan fingerprint density at radius 1 is 1.19 bits per heavy atom. The molecular formula is C22H23ClN6O2. The van der Waals surface area contributed by atoms with Gasteiger partial charge >= 0.3 is 0 Å². The average molecular weight is 439 g/mol. The van der Waals surface area contributed by atoms with E-state index in [9.17, 15) is 4.79 Å². The Morgan fingerprint density at radius 3 is 2.71 bits per heavy atom. The van der Waals surface area contributed by atoms with Crippen molar-refractivity contribution in [1.82, 2.24) is 20.3 Å². The molecule has 2 aromatic carbocycles. The van der Waals surface area contributed by atoms with Gasteiger partial charge in [0.05, 0.1) is 0 Å². The summed E-state index contributed by atoms with van der Waals surface area (Å²) >= 11 is 5.92. The molecule has 1 atom stereocenters. The van der Waals surface area contributed by atoms with Crippen molar-refractivity contribution in [3.05, 3.63) is 65.4 Å². The molecule has 0 spiro atoms. The van der Waals surface area contributed by atoms with Crippen molar-refractivity contribution in [2.75, 3.05) is 30.4 Å². The number of halogens is 1. The molecule has 0 bridgehead atoms. The summed E-state index contributed by atoms with van der Waals surface area (Å²) in [5, 5.41) is 6.43. The molecule has 0 saturated carbocycles. The maximum atomic E-state index is 11.8. The van der Waals surface area contributed by atoms with Crippen LogP contribution in [-0.4, -0.2) is 47.1 Å². The van der Waals surface area contributed by atoms with Gasteiger partial charge in [-0.3, -0.25) is 4.79 Å². The number of rotatable bonds is 7. The van der Waals surface area contributed by atoms with E-state index in [0.717, 1.165) is 24.5 Å². The zero-order valence-corrected chi connectivity index (χ0v) is 18.0. The number of nitrogens with one attached hydrogen (secondary N) is 2. The number of amides is 1. The smallest absolute Gasteiger partial charge is 0.251 e. The Kier molecular flexibility index (Phi) is 6.18. The van der Waals surface area contributed by atoms with E-state index in [2.05, 4.69) is 37.4 Å². The number of aromatic nitrogens is 3. The summed E-state index contributed by atoms with van der Waals surface area (Å²) < 4.78 is 6.02. The molecule has 2 N–H and O–H groups in total. The summed E-state index contributed by atoms with van der Waals surface area (Å²) in [5.74, 6) is 2.05. The fourth-order valence-corrected chi connectivity index (χ4v) is 3.43. The van der Waals surface area contributed by atoms with Gasteiger partial charge in [-0.1, -0.05) is 17.7 Å². The maximum Gasteiger partial charge on any atom is 0.251 e. The van der Waals surface area contributed by atoms with Gasteiger partial charge < -0.3 is 20.3 Å². The molecule has 1 fully saturated rings. The van der Waals surface area contributed by atoms with Crippen LogP contribution in [0.1, 0.15) is 17.3 Å². The first-order chi connectivity index (χ1) is 15.0. The van der Waals surface area contributed by atoms with Gasteiger partial charge in [0.1, 0.15) is 18.2 Å². The van der Waals surface area contributed by atoms with Crippen molar-refractivity contribution in [3.8, 4) is 5.75 Å². The third-order valence-electron chi connectivity index (χ3n) is 5.16. The molecule has 9 heteroatoms. The van der Waals surface area contributed by atoms with Crippen LogP contribution in [0, 0.1) is 5.92 Å². The van der Waals surface area contributed by atoms with Crippen LogP contribution in [0.4, 0.5) is 17.6 Å². The van der Waals surface area contributed by atoms with Crippen LogP contribution < -0.4 is 20.3 Å². The van der Waals surface area contributed by atoms with Gasteiger partial charge in [-0.2, -0.15) is 4.98 Å². The van der Waals surface area contributed by atoms with Crippen molar-refractivity contribution in [2.24, 2.45) is 5.92 Å². The maximum absolute atomic E-state index is 11.8. The summed E-state index contributed by atoms with van der Waals surface area (Å²) in [7, 11) is 1.60. The third-order valence-corrected chi connectivity index (χ3v) is 5.41. The van der Waals surface area contributed by atoms with Gasteiger partial charge in [-0.25, -0.2) is 9.97 Å². The highest BCUT2D eigenvalue weighted by molar-refractivity contribution is 6.30. The number of benzene rings is 2. The Balaban J connectivity index is 1.35. The number of ether oxygens (including phenoxy) is 1. The summed E-state index contributed by atoms with van der Waals surface area (Å²) in [4.78, 5) is 26.9. The molecule has 1 aliphatic heterocycles. The molecule has 160 valence electrons. The van der Waals surface area contributed by atoms with Gasteiger partial charge in [0.25, 0.3) is 5.91 Å². The second-order valence-corrected chi connectivity index (χ2v) is 7.77. The van der Waals surface area contributed by atoms with Crippen LogP contribution in [0.2, 0.25) is 5.02 Å². The third kappa shape index (κ3) is 5.03. The van der Waals surface area contributed by atoms with E-state index in [4.69, 9.17) is 16.3 Å². The molecule has 2 heterocycles. The highest BCUT2D eigenvalue weighted by atomic mass is 35.5. The van der Waals surface area contributed by atoms with Crippen molar-refractivity contribution in [1.29, 1.82) is 0 Å². The van der Waals surface area contributed by atoms with Crippen LogP contribution in [-0.2, 0) is 0 Å². The molecule has 1 aliphatic rings. The first kappa shape index (κ1) is 20.9. The van der Waals surface area contributed by atoms with E-state index < -0.39 is 0 Å². The number of anilines is 3. The lowest BCUT2D eigenvalue weighted by molar-refractivity contribution is 0.0963. The van der Waals surface area contributed by atoms with E-state index in [1.807, 2.05) is 30.3 Å². The van der Waals surface area contributed by atoms with Crippen LogP contribution in [0.3, 0.4) is 0 Å². The van der Waals surface area contributed by atoms with Crippen LogP contribution >= 0.6 is 11.6 Å². The molecule has 31 heavy (non-hydrogen) atoms. The topological polar surface area (TPSA) is 92.3 Å². The molecule has 1 amide bonds.